The molecule has 2 aromatic carbocycles. The summed E-state index contributed by atoms with van der Waals surface area (Å²) < 4.78 is 7.33. The zero-order valence-corrected chi connectivity index (χ0v) is 16.1. The first-order valence-electron chi connectivity index (χ1n) is 8.19. The average molecular weight is 395 g/mol. The van der Waals surface area contributed by atoms with Gasteiger partial charge in [-0.2, -0.15) is 0 Å². The fourth-order valence-corrected chi connectivity index (χ4v) is 3.87. The van der Waals surface area contributed by atoms with Gasteiger partial charge in [0.25, 0.3) is 5.56 Å². The van der Waals surface area contributed by atoms with Gasteiger partial charge >= 0.3 is 0 Å². The molecule has 0 spiro atoms. The Bertz CT molecular complexity index is 1210. The van der Waals surface area contributed by atoms with Gasteiger partial charge in [0.05, 0.1) is 23.3 Å². The van der Waals surface area contributed by atoms with Gasteiger partial charge in [0.2, 0.25) is 0 Å². The van der Waals surface area contributed by atoms with Crippen LogP contribution in [0.5, 0.6) is 5.75 Å². The summed E-state index contributed by atoms with van der Waals surface area (Å²) in [7, 11) is 1.62. The first-order valence-corrected chi connectivity index (χ1v) is 9.45. The fourth-order valence-electron chi connectivity index (χ4n) is 2.89. The van der Waals surface area contributed by atoms with E-state index in [2.05, 4.69) is 6.58 Å². The highest BCUT2D eigenvalue weighted by Crippen LogP contribution is 2.28. The standard InChI is InChI=1S/C21H15ClN2O2S/c1-13(14-7-9-15(26-2)10-8-14)20-23-17-11-12-27-19(17)21(25)24(20)18-6-4-3-5-16(18)22/h3-12H,1H2,2H3. The molecule has 134 valence electrons. The molecule has 4 rings (SSSR count). The minimum atomic E-state index is -0.159. The normalized spacial score (nSPS) is 10.9. The van der Waals surface area contributed by atoms with E-state index in [1.54, 1.807) is 19.2 Å². The topological polar surface area (TPSA) is 44.1 Å². The molecule has 0 aliphatic rings. The van der Waals surface area contributed by atoms with Crippen molar-refractivity contribution in [1.29, 1.82) is 0 Å². The van der Waals surface area contributed by atoms with Gasteiger partial charge in [0.1, 0.15) is 16.3 Å². The molecule has 0 radical (unpaired) electrons. The van der Waals surface area contributed by atoms with Crippen LogP contribution in [-0.4, -0.2) is 16.7 Å². The van der Waals surface area contributed by atoms with E-state index < -0.39 is 0 Å². The van der Waals surface area contributed by atoms with Crippen molar-refractivity contribution in [2.75, 3.05) is 7.11 Å². The van der Waals surface area contributed by atoms with Crippen molar-refractivity contribution < 1.29 is 4.74 Å². The van der Waals surface area contributed by atoms with Gasteiger partial charge in [-0.1, -0.05) is 42.4 Å². The number of ether oxygens (including phenoxy) is 1. The van der Waals surface area contributed by atoms with Gasteiger partial charge in [0, 0.05) is 5.57 Å². The quantitative estimate of drug-likeness (QED) is 0.479. The highest BCUT2D eigenvalue weighted by Gasteiger charge is 2.18. The second kappa shape index (κ2) is 7.02. The monoisotopic (exact) mass is 394 g/mol. The Hall–Kier alpha value is -2.89. The van der Waals surface area contributed by atoms with Gasteiger partial charge in [-0.05, 0) is 41.3 Å². The van der Waals surface area contributed by atoms with Crippen LogP contribution in [0.1, 0.15) is 11.4 Å². The predicted molar refractivity (Wildman–Crippen MR) is 111 cm³/mol. The molecule has 0 aliphatic carbocycles. The highest BCUT2D eigenvalue weighted by atomic mass is 35.5. The summed E-state index contributed by atoms with van der Waals surface area (Å²) in [5.41, 5.74) is 2.54. The molecule has 0 bridgehead atoms. The van der Waals surface area contributed by atoms with Crippen LogP contribution in [0, 0.1) is 0 Å². The summed E-state index contributed by atoms with van der Waals surface area (Å²) in [4.78, 5) is 17.9. The molecule has 2 heterocycles. The van der Waals surface area contributed by atoms with Crippen molar-refractivity contribution in [3.8, 4) is 11.4 Å². The molecule has 0 N–H and O–H groups in total. The van der Waals surface area contributed by atoms with Crippen LogP contribution in [0.3, 0.4) is 0 Å². The van der Waals surface area contributed by atoms with Crippen molar-refractivity contribution in [3.63, 3.8) is 0 Å². The number of nitrogens with zero attached hydrogens (tertiary/aromatic N) is 2. The fraction of sp³-hybridized carbons (Fsp3) is 0.0476. The van der Waals surface area contributed by atoms with E-state index in [-0.39, 0.29) is 5.56 Å². The zero-order valence-electron chi connectivity index (χ0n) is 14.5. The van der Waals surface area contributed by atoms with Gasteiger partial charge in [-0.3, -0.25) is 9.36 Å². The lowest BCUT2D eigenvalue weighted by Crippen LogP contribution is -2.23. The lowest BCUT2D eigenvalue weighted by Gasteiger charge is -2.15. The van der Waals surface area contributed by atoms with Crippen molar-refractivity contribution in [2.45, 2.75) is 0 Å². The number of hydrogen-bond donors (Lipinski definition) is 0. The molecular weight excluding hydrogens is 380 g/mol. The zero-order chi connectivity index (χ0) is 19.0. The second-order valence-electron chi connectivity index (χ2n) is 5.87. The van der Waals surface area contributed by atoms with E-state index in [1.165, 1.54) is 15.9 Å². The van der Waals surface area contributed by atoms with E-state index in [9.17, 15) is 4.79 Å². The third-order valence-corrected chi connectivity index (χ3v) is 5.49. The van der Waals surface area contributed by atoms with Gasteiger partial charge in [-0.25, -0.2) is 4.98 Å². The summed E-state index contributed by atoms with van der Waals surface area (Å²) in [5.74, 6) is 1.21. The second-order valence-corrected chi connectivity index (χ2v) is 7.19. The third kappa shape index (κ3) is 3.05. The van der Waals surface area contributed by atoms with Gasteiger partial charge in [-0.15, -0.1) is 11.3 Å². The van der Waals surface area contributed by atoms with Gasteiger partial charge in [0.15, 0.2) is 0 Å². The summed E-state index contributed by atoms with van der Waals surface area (Å²) in [6, 6.07) is 16.5. The van der Waals surface area contributed by atoms with Crippen molar-refractivity contribution in [1.82, 2.24) is 9.55 Å². The molecule has 27 heavy (non-hydrogen) atoms. The number of rotatable bonds is 4. The number of aromatic nitrogens is 2. The molecular formula is C21H15ClN2O2S. The maximum Gasteiger partial charge on any atom is 0.276 e. The van der Waals surface area contributed by atoms with Gasteiger partial charge < -0.3 is 4.74 Å². The molecule has 6 heteroatoms. The summed E-state index contributed by atoms with van der Waals surface area (Å²) in [6.07, 6.45) is 0. The van der Waals surface area contributed by atoms with Crippen molar-refractivity contribution in [2.24, 2.45) is 0 Å². The van der Waals surface area contributed by atoms with Crippen LogP contribution in [0.15, 0.2) is 71.4 Å². The lowest BCUT2D eigenvalue weighted by molar-refractivity contribution is 0.415. The molecule has 0 saturated carbocycles. The first kappa shape index (κ1) is 17.5. The molecule has 0 aliphatic heterocycles. The Kier molecular flexibility index (Phi) is 4.56. The Morgan fingerprint density at radius 3 is 2.59 bits per heavy atom. The van der Waals surface area contributed by atoms with E-state index >= 15 is 0 Å². The number of methoxy groups -OCH3 is 1. The Morgan fingerprint density at radius 2 is 1.89 bits per heavy atom. The Morgan fingerprint density at radius 1 is 1.15 bits per heavy atom. The predicted octanol–water partition coefficient (Wildman–Crippen LogP) is 5.17. The Balaban J connectivity index is 1.98. The summed E-state index contributed by atoms with van der Waals surface area (Å²) >= 11 is 7.75. The minimum Gasteiger partial charge on any atom is -0.497 e. The largest absolute Gasteiger partial charge is 0.497 e. The number of thiophene rings is 1. The molecule has 0 amide bonds. The number of hydrogen-bond acceptors (Lipinski definition) is 4. The molecule has 4 nitrogen and oxygen atoms in total. The van der Waals surface area contributed by atoms with E-state index in [4.69, 9.17) is 21.3 Å². The van der Waals surface area contributed by atoms with E-state index in [0.717, 1.165) is 11.3 Å². The van der Waals surface area contributed by atoms with Crippen LogP contribution in [-0.2, 0) is 0 Å². The smallest absolute Gasteiger partial charge is 0.276 e. The van der Waals surface area contributed by atoms with E-state index in [0.29, 0.717) is 32.3 Å². The number of halogens is 1. The minimum absolute atomic E-state index is 0.159. The van der Waals surface area contributed by atoms with Crippen LogP contribution in [0.25, 0.3) is 21.5 Å². The summed E-state index contributed by atoms with van der Waals surface area (Å²) in [5, 5.41) is 2.33. The number of para-hydroxylation sites is 1. The van der Waals surface area contributed by atoms with Crippen molar-refractivity contribution >= 4 is 38.7 Å². The number of benzene rings is 2. The average Bonchev–Trinajstić information content (AvgIpc) is 3.17. The Labute approximate surface area is 165 Å². The van der Waals surface area contributed by atoms with Crippen LogP contribution in [0.2, 0.25) is 5.02 Å². The third-order valence-electron chi connectivity index (χ3n) is 4.28. The van der Waals surface area contributed by atoms with Crippen LogP contribution in [0.4, 0.5) is 0 Å². The maximum absolute atomic E-state index is 13.2. The molecule has 0 atom stereocenters. The number of fused-ring (bicyclic) bond motifs is 1. The molecule has 0 fully saturated rings. The maximum atomic E-state index is 13.2. The summed E-state index contributed by atoms with van der Waals surface area (Å²) in [6.45, 7) is 4.20. The first-order chi connectivity index (χ1) is 13.1. The van der Waals surface area contributed by atoms with E-state index in [1.807, 2.05) is 47.8 Å². The van der Waals surface area contributed by atoms with Crippen LogP contribution < -0.4 is 10.3 Å². The van der Waals surface area contributed by atoms with Crippen LogP contribution >= 0.6 is 22.9 Å². The molecule has 0 saturated heterocycles. The molecule has 2 aromatic heterocycles. The molecule has 0 unspecified atom stereocenters. The SMILES string of the molecule is C=C(c1ccc(OC)cc1)c1nc2ccsc2c(=O)n1-c1ccccc1Cl. The van der Waals surface area contributed by atoms with Crippen molar-refractivity contribution in [3.05, 3.63) is 93.3 Å². The highest BCUT2D eigenvalue weighted by molar-refractivity contribution is 7.17. The lowest BCUT2D eigenvalue weighted by atomic mass is 10.1. The molecule has 4 aromatic rings.